The lowest BCUT2D eigenvalue weighted by Crippen LogP contribution is -2.47. The lowest BCUT2D eigenvalue weighted by atomic mass is 10.0. The second-order valence-electron chi connectivity index (χ2n) is 9.72. The van der Waals surface area contributed by atoms with Crippen LogP contribution in [0.3, 0.4) is 0 Å². The first-order chi connectivity index (χ1) is 20.4. The minimum absolute atomic E-state index is 0.0723. The molecule has 0 aliphatic carbocycles. The summed E-state index contributed by atoms with van der Waals surface area (Å²) < 4.78 is 90.3. The van der Waals surface area contributed by atoms with Gasteiger partial charge in [0.05, 0.1) is 23.1 Å². The molecule has 2 aromatic carbocycles. The maximum atomic E-state index is 13.5. The highest BCUT2D eigenvalue weighted by atomic mass is 32.2. The molecule has 0 radical (unpaired) electrons. The van der Waals surface area contributed by atoms with Crippen LogP contribution in [0.1, 0.15) is 27.1 Å². The van der Waals surface area contributed by atoms with Gasteiger partial charge in [-0.15, -0.1) is 11.3 Å². The number of halogens is 6. The summed E-state index contributed by atoms with van der Waals surface area (Å²) in [7, 11) is 1.34. The Labute approximate surface area is 251 Å². The Morgan fingerprint density at radius 3 is 2.37 bits per heavy atom. The number of amides is 1. The predicted octanol–water partition coefficient (Wildman–Crippen LogP) is 7.16. The summed E-state index contributed by atoms with van der Waals surface area (Å²) in [5, 5.41) is 2.69. The highest BCUT2D eigenvalue weighted by molar-refractivity contribution is 8.18. The van der Waals surface area contributed by atoms with Crippen molar-refractivity contribution < 1.29 is 40.6 Å². The first kappa shape index (κ1) is 31.0. The van der Waals surface area contributed by atoms with Gasteiger partial charge in [-0.3, -0.25) is 9.69 Å². The predicted molar refractivity (Wildman–Crippen MR) is 153 cm³/mol. The first-order valence-corrected chi connectivity index (χ1v) is 14.7. The third kappa shape index (κ3) is 7.54. The van der Waals surface area contributed by atoms with Crippen LogP contribution in [0.5, 0.6) is 11.5 Å². The Morgan fingerprint density at radius 2 is 1.72 bits per heavy atom. The number of carbonyl (C=O) groups excluding carboxylic acids is 1. The number of rotatable bonds is 7. The van der Waals surface area contributed by atoms with Gasteiger partial charge in [-0.05, 0) is 59.1 Å². The molecule has 0 bridgehead atoms. The number of aliphatic imine (C=N–C) groups is 1. The third-order valence-corrected chi connectivity index (χ3v) is 8.73. The minimum Gasteiger partial charge on any atom is -0.493 e. The van der Waals surface area contributed by atoms with Gasteiger partial charge in [0, 0.05) is 43.2 Å². The molecule has 2 aliphatic rings. The Kier molecular flexibility index (Phi) is 9.09. The number of amidine groups is 1. The number of hydrogen-bond acceptors (Lipinski definition) is 7. The van der Waals surface area contributed by atoms with Crippen molar-refractivity contribution in [1.82, 2.24) is 9.80 Å². The second kappa shape index (κ2) is 12.6. The van der Waals surface area contributed by atoms with Crippen molar-refractivity contribution in [2.75, 3.05) is 33.3 Å². The van der Waals surface area contributed by atoms with Crippen molar-refractivity contribution in [3.63, 3.8) is 0 Å². The van der Waals surface area contributed by atoms with E-state index in [-0.39, 0.29) is 23.5 Å². The van der Waals surface area contributed by atoms with E-state index in [1.165, 1.54) is 29.8 Å². The van der Waals surface area contributed by atoms with Crippen molar-refractivity contribution in [2.24, 2.45) is 4.99 Å². The summed E-state index contributed by atoms with van der Waals surface area (Å²) >= 11 is 3.00. The summed E-state index contributed by atoms with van der Waals surface area (Å²) in [4.78, 5) is 23.0. The van der Waals surface area contributed by atoms with Crippen molar-refractivity contribution in [3.05, 3.63) is 85.9 Å². The van der Waals surface area contributed by atoms with Gasteiger partial charge < -0.3 is 14.4 Å². The van der Waals surface area contributed by atoms with Crippen molar-refractivity contribution in [1.29, 1.82) is 0 Å². The molecule has 14 heteroatoms. The number of alkyl halides is 6. The zero-order valence-corrected chi connectivity index (χ0v) is 24.3. The number of thioether (sulfide) groups is 1. The molecule has 1 amide bonds. The topological polar surface area (TPSA) is 54.4 Å². The number of carbonyl (C=O) groups is 1. The average molecular weight is 642 g/mol. The average Bonchev–Trinajstić information content (AvgIpc) is 3.61. The molecule has 228 valence electrons. The molecular weight excluding hydrogens is 616 g/mol. The lowest BCUT2D eigenvalue weighted by Gasteiger charge is -2.35. The van der Waals surface area contributed by atoms with Gasteiger partial charge in [0.1, 0.15) is 6.61 Å². The van der Waals surface area contributed by atoms with E-state index in [1.54, 1.807) is 29.5 Å². The third-order valence-electron chi connectivity index (χ3n) is 6.82. The molecule has 0 saturated carbocycles. The summed E-state index contributed by atoms with van der Waals surface area (Å²) in [5.41, 5.74) is -2.72. The zero-order valence-electron chi connectivity index (χ0n) is 22.7. The summed E-state index contributed by atoms with van der Waals surface area (Å²) in [5.74, 6) is -0.115. The van der Waals surface area contributed by atoms with Crippen LogP contribution in [-0.2, 0) is 30.3 Å². The fourth-order valence-electron chi connectivity index (χ4n) is 4.60. The van der Waals surface area contributed by atoms with Gasteiger partial charge in [-0.1, -0.05) is 18.2 Å². The number of methoxy groups -OCH3 is 1. The molecule has 3 aromatic rings. The highest BCUT2D eigenvalue weighted by Gasteiger charge is 2.38. The molecule has 3 heterocycles. The molecule has 2 aliphatic heterocycles. The normalized spacial score (nSPS) is 17.5. The molecule has 1 aromatic heterocycles. The van der Waals surface area contributed by atoms with Crippen LogP contribution in [-0.4, -0.2) is 54.2 Å². The molecule has 0 spiro atoms. The van der Waals surface area contributed by atoms with Crippen LogP contribution in [0.4, 0.5) is 26.3 Å². The Balaban J connectivity index is 1.23. The Bertz CT molecular complexity index is 1530. The van der Waals surface area contributed by atoms with E-state index in [9.17, 15) is 31.1 Å². The maximum Gasteiger partial charge on any atom is 0.416 e. The first-order valence-electron chi connectivity index (χ1n) is 13.0. The van der Waals surface area contributed by atoms with Gasteiger partial charge in [0.25, 0.3) is 5.91 Å². The fraction of sp³-hybridized carbons (Fsp3) is 0.310. The molecule has 0 N–H and O–H groups in total. The minimum atomic E-state index is -5.01. The quantitative estimate of drug-likeness (QED) is 0.202. The standard InChI is InChI=1S/C29H25F6N3O3S2/c1-40-24-13-18(4-7-23(24)41-17-19-5-6-20(28(30,31)32)15-22(19)29(33,34)35)14-25-26(39)36-27(43-25)38-10-8-37(9-11-38)16-21-3-2-12-42-21/h2-7,12-15H,8-11,16-17H2,1H3. The maximum absolute atomic E-state index is 13.5. The van der Waals surface area contributed by atoms with Crippen molar-refractivity contribution in [2.45, 2.75) is 25.5 Å². The number of piperazine rings is 1. The largest absolute Gasteiger partial charge is 0.493 e. The molecule has 0 atom stereocenters. The van der Waals surface area contributed by atoms with Crippen LogP contribution in [0.2, 0.25) is 0 Å². The van der Waals surface area contributed by atoms with E-state index in [1.807, 2.05) is 6.07 Å². The van der Waals surface area contributed by atoms with Gasteiger partial charge in [0.2, 0.25) is 0 Å². The summed E-state index contributed by atoms with van der Waals surface area (Å²) in [6, 6.07) is 10.2. The fourth-order valence-corrected chi connectivity index (χ4v) is 6.31. The highest BCUT2D eigenvalue weighted by Crippen LogP contribution is 2.39. The van der Waals surface area contributed by atoms with Crippen molar-refractivity contribution >= 4 is 40.2 Å². The van der Waals surface area contributed by atoms with E-state index < -0.39 is 35.6 Å². The van der Waals surface area contributed by atoms with Gasteiger partial charge >= 0.3 is 12.4 Å². The van der Waals surface area contributed by atoms with E-state index >= 15 is 0 Å². The monoisotopic (exact) mass is 641 g/mol. The van der Waals surface area contributed by atoms with Gasteiger partial charge in [0.15, 0.2) is 16.7 Å². The number of hydrogen-bond donors (Lipinski definition) is 0. The number of benzene rings is 2. The number of ether oxygens (including phenoxy) is 2. The van der Waals surface area contributed by atoms with E-state index in [0.29, 0.717) is 21.7 Å². The zero-order chi connectivity index (χ0) is 30.8. The second-order valence-corrected chi connectivity index (χ2v) is 11.8. The Hall–Kier alpha value is -3.49. The molecule has 1 fully saturated rings. The molecule has 43 heavy (non-hydrogen) atoms. The van der Waals surface area contributed by atoms with Crippen LogP contribution >= 0.6 is 23.1 Å². The SMILES string of the molecule is COc1cc(C=C2SC(N3CCN(Cc4cccs4)CC3)=NC2=O)ccc1OCc1ccc(C(F)(F)F)cc1C(F)(F)F. The van der Waals surface area contributed by atoms with Crippen LogP contribution < -0.4 is 9.47 Å². The molecule has 6 nitrogen and oxygen atoms in total. The van der Waals surface area contributed by atoms with Gasteiger partial charge in [-0.25, -0.2) is 0 Å². The van der Waals surface area contributed by atoms with Crippen LogP contribution in [0, 0.1) is 0 Å². The molecule has 0 unspecified atom stereocenters. The van der Waals surface area contributed by atoms with Crippen molar-refractivity contribution in [3.8, 4) is 11.5 Å². The molecule has 1 saturated heterocycles. The number of nitrogens with zero attached hydrogens (tertiary/aromatic N) is 3. The van der Waals surface area contributed by atoms with E-state index in [2.05, 4.69) is 26.2 Å². The summed E-state index contributed by atoms with van der Waals surface area (Å²) in [6.45, 7) is 3.43. The van der Waals surface area contributed by atoms with Gasteiger partial charge in [-0.2, -0.15) is 31.3 Å². The molecule has 5 rings (SSSR count). The van der Waals surface area contributed by atoms with E-state index in [4.69, 9.17) is 9.47 Å². The van der Waals surface area contributed by atoms with E-state index in [0.717, 1.165) is 38.8 Å². The summed E-state index contributed by atoms with van der Waals surface area (Å²) in [6.07, 6.45) is -8.29. The molecular formula is C29H25F6N3O3S2. The lowest BCUT2D eigenvalue weighted by molar-refractivity contribution is -0.143. The van der Waals surface area contributed by atoms with Crippen LogP contribution in [0.25, 0.3) is 6.08 Å². The Morgan fingerprint density at radius 1 is 0.953 bits per heavy atom. The van der Waals surface area contributed by atoms with Crippen LogP contribution in [0.15, 0.2) is 63.8 Å². The smallest absolute Gasteiger partial charge is 0.416 e. The number of thiophene rings is 1.